The zero-order valence-corrected chi connectivity index (χ0v) is 31.3. The summed E-state index contributed by atoms with van der Waals surface area (Å²) in [5.74, 6) is 0. The van der Waals surface area contributed by atoms with Gasteiger partial charge in [-0.25, -0.2) is 0 Å². The van der Waals surface area contributed by atoms with Crippen molar-refractivity contribution in [2.45, 2.75) is 0 Å². The largest absolute Gasteiger partial charge is 0.456 e. The van der Waals surface area contributed by atoms with Crippen molar-refractivity contribution in [3.05, 3.63) is 194 Å². The molecule has 0 aliphatic rings. The van der Waals surface area contributed by atoms with E-state index < -0.39 is 0 Å². The first kappa shape index (κ1) is 31.5. The molecule has 2 heterocycles. The lowest BCUT2D eigenvalue weighted by molar-refractivity contribution is 0.663. The number of hydrogen-bond donors (Lipinski definition) is 0. The summed E-state index contributed by atoms with van der Waals surface area (Å²) in [6.45, 7) is 0. The molecule has 0 radical (unpaired) electrons. The van der Waals surface area contributed by atoms with Gasteiger partial charge in [-0.3, -0.25) is 0 Å². The highest BCUT2D eigenvalue weighted by molar-refractivity contribution is 6.30. The molecule has 58 heavy (non-hydrogen) atoms. The van der Waals surface area contributed by atoms with Crippen LogP contribution in [0.2, 0.25) is 0 Å². The summed E-state index contributed by atoms with van der Waals surface area (Å²) in [5, 5.41) is 16.6. The second-order valence-corrected chi connectivity index (χ2v) is 15.5. The van der Waals surface area contributed by atoms with Crippen molar-refractivity contribution in [2.24, 2.45) is 0 Å². The van der Waals surface area contributed by atoms with Crippen LogP contribution in [0.15, 0.2) is 203 Å². The highest BCUT2D eigenvalue weighted by Crippen LogP contribution is 2.50. The molecule has 0 aliphatic carbocycles. The normalized spacial score (nSPS) is 12.1. The van der Waals surface area contributed by atoms with Crippen LogP contribution in [-0.2, 0) is 0 Å². The molecule has 11 aromatic carbocycles. The molecule has 2 aromatic heterocycles. The molecular formula is C56H32O2. The van der Waals surface area contributed by atoms with Gasteiger partial charge in [-0.15, -0.1) is 0 Å². The van der Waals surface area contributed by atoms with Crippen LogP contribution >= 0.6 is 0 Å². The number of furan rings is 2. The van der Waals surface area contributed by atoms with Crippen LogP contribution < -0.4 is 0 Å². The van der Waals surface area contributed by atoms with E-state index in [9.17, 15) is 0 Å². The van der Waals surface area contributed by atoms with E-state index in [-0.39, 0.29) is 0 Å². The molecule has 0 atom stereocenters. The Kier molecular flexibility index (Phi) is 6.47. The monoisotopic (exact) mass is 736 g/mol. The Bertz CT molecular complexity index is 3800. The smallest absolute Gasteiger partial charge is 0.143 e. The van der Waals surface area contributed by atoms with Crippen molar-refractivity contribution in [1.82, 2.24) is 0 Å². The first-order chi connectivity index (χ1) is 28.8. The lowest BCUT2D eigenvalue weighted by Crippen LogP contribution is -1.93. The predicted octanol–water partition coefficient (Wildman–Crippen LogP) is 16.3. The number of fused-ring (bicyclic) bond motifs is 12. The maximum atomic E-state index is 6.99. The van der Waals surface area contributed by atoms with Gasteiger partial charge < -0.3 is 8.83 Å². The Morgan fingerprint density at radius 1 is 0.259 bits per heavy atom. The Labute approximate surface area is 332 Å². The SMILES string of the molecule is c1ccc2cc(-c3c4ccccc4c(-c4ccc(-c5c6ccccc6cc6c5oc5ccc7oc8ccccc8c7c56)c5ccccc45)c4ccccc34)ccc2c1. The van der Waals surface area contributed by atoms with E-state index in [0.29, 0.717) is 0 Å². The summed E-state index contributed by atoms with van der Waals surface area (Å²) >= 11 is 0. The molecule has 0 saturated carbocycles. The van der Waals surface area contributed by atoms with Crippen molar-refractivity contribution in [3.63, 3.8) is 0 Å². The van der Waals surface area contributed by atoms with Gasteiger partial charge in [-0.2, -0.15) is 0 Å². The predicted molar refractivity (Wildman–Crippen MR) is 245 cm³/mol. The van der Waals surface area contributed by atoms with Gasteiger partial charge in [0.2, 0.25) is 0 Å². The van der Waals surface area contributed by atoms with Gasteiger partial charge >= 0.3 is 0 Å². The standard InChI is InChI=1S/C56H32O2/c1-2-14-34-31-36(26-25-33(34)13-1)51-40-19-7-9-21-42(40)52(43-22-10-8-20-41(43)51)44-27-28-45(39-18-6-5-17-38(39)44)53-37-16-4-3-15-35(37)32-47-55-50(58-56(47)53)30-29-49-54(55)46-23-11-12-24-48(46)57-49/h1-32H. The van der Waals surface area contributed by atoms with Gasteiger partial charge in [0.25, 0.3) is 0 Å². The summed E-state index contributed by atoms with van der Waals surface area (Å²) in [4.78, 5) is 0. The lowest BCUT2D eigenvalue weighted by Gasteiger charge is -2.20. The molecule has 268 valence electrons. The molecule has 0 spiro atoms. The zero-order chi connectivity index (χ0) is 37.9. The molecule has 0 fully saturated rings. The molecule has 0 N–H and O–H groups in total. The third-order valence-electron chi connectivity index (χ3n) is 12.4. The highest BCUT2D eigenvalue weighted by Gasteiger charge is 2.24. The summed E-state index contributed by atoms with van der Waals surface area (Å²) in [7, 11) is 0. The van der Waals surface area contributed by atoms with E-state index in [0.717, 1.165) is 60.4 Å². The van der Waals surface area contributed by atoms with E-state index in [1.54, 1.807) is 0 Å². The van der Waals surface area contributed by atoms with E-state index in [2.05, 4.69) is 176 Å². The highest BCUT2D eigenvalue weighted by atomic mass is 16.3. The zero-order valence-electron chi connectivity index (χ0n) is 31.3. The fourth-order valence-corrected chi connectivity index (χ4v) is 9.96. The molecule has 13 aromatic rings. The van der Waals surface area contributed by atoms with Crippen LogP contribution in [-0.4, -0.2) is 0 Å². The fraction of sp³-hybridized carbons (Fsp3) is 0. The molecule has 2 heteroatoms. The summed E-state index contributed by atoms with van der Waals surface area (Å²) < 4.78 is 13.4. The first-order valence-electron chi connectivity index (χ1n) is 19.9. The maximum Gasteiger partial charge on any atom is 0.143 e. The molecular weight excluding hydrogens is 705 g/mol. The Morgan fingerprint density at radius 3 is 1.45 bits per heavy atom. The van der Waals surface area contributed by atoms with Gasteiger partial charge in [0.1, 0.15) is 22.3 Å². The molecule has 0 aliphatic heterocycles. The number of hydrogen-bond acceptors (Lipinski definition) is 2. The number of rotatable bonds is 3. The van der Waals surface area contributed by atoms with Gasteiger partial charge in [0, 0.05) is 27.1 Å². The molecule has 0 saturated heterocycles. The summed E-state index contributed by atoms with van der Waals surface area (Å²) in [6, 6.07) is 70.4. The van der Waals surface area contributed by atoms with E-state index in [1.807, 2.05) is 18.2 Å². The van der Waals surface area contributed by atoms with Crippen LogP contribution in [0.5, 0.6) is 0 Å². The average Bonchev–Trinajstić information content (AvgIpc) is 3.85. The minimum atomic E-state index is 0.857. The van der Waals surface area contributed by atoms with E-state index >= 15 is 0 Å². The van der Waals surface area contributed by atoms with Crippen LogP contribution in [0.3, 0.4) is 0 Å². The second kappa shape index (κ2) is 11.9. The third-order valence-corrected chi connectivity index (χ3v) is 12.4. The fourth-order valence-electron chi connectivity index (χ4n) is 9.96. The van der Waals surface area contributed by atoms with Gasteiger partial charge in [0.15, 0.2) is 0 Å². The third kappa shape index (κ3) is 4.37. The summed E-state index contributed by atoms with van der Waals surface area (Å²) in [6.07, 6.45) is 0. The van der Waals surface area contributed by atoms with Crippen molar-refractivity contribution < 1.29 is 8.83 Å². The molecule has 2 nitrogen and oxygen atoms in total. The van der Waals surface area contributed by atoms with Crippen LogP contribution in [0.25, 0.3) is 131 Å². The first-order valence-corrected chi connectivity index (χ1v) is 19.9. The molecule has 0 unspecified atom stereocenters. The molecule has 0 bridgehead atoms. The maximum absolute atomic E-state index is 6.99. The molecule has 0 amide bonds. The molecule has 13 rings (SSSR count). The Balaban J connectivity index is 1.12. The van der Waals surface area contributed by atoms with E-state index in [1.165, 1.54) is 70.7 Å². The van der Waals surface area contributed by atoms with Crippen LogP contribution in [0.1, 0.15) is 0 Å². The van der Waals surface area contributed by atoms with Crippen molar-refractivity contribution >= 4 is 97.7 Å². The van der Waals surface area contributed by atoms with Gasteiger partial charge in [-0.1, -0.05) is 164 Å². The van der Waals surface area contributed by atoms with E-state index in [4.69, 9.17) is 8.83 Å². The lowest BCUT2D eigenvalue weighted by atomic mass is 9.83. The van der Waals surface area contributed by atoms with Crippen molar-refractivity contribution in [1.29, 1.82) is 0 Å². The minimum absolute atomic E-state index is 0.857. The Morgan fingerprint density at radius 2 is 0.759 bits per heavy atom. The number of para-hydroxylation sites is 1. The van der Waals surface area contributed by atoms with Crippen molar-refractivity contribution in [2.75, 3.05) is 0 Å². The topological polar surface area (TPSA) is 26.3 Å². The van der Waals surface area contributed by atoms with Gasteiger partial charge in [-0.05, 0) is 112 Å². The quantitative estimate of drug-likeness (QED) is 0.169. The Hall–Kier alpha value is -7.68. The van der Waals surface area contributed by atoms with Gasteiger partial charge in [0.05, 0.1) is 0 Å². The van der Waals surface area contributed by atoms with Crippen LogP contribution in [0.4, 0.5) is 0 Å². The summed E-state index contributed by atoms with van der Waals surface area (Å²) in [5.41, 5.74) is 10.7. The van der Waals surface area contributed by atoms with Crippen LogP contribution in [0, 0.1) is 0 Å². The second-order valence-electron chi connectivity index (χ2n) is 15.5. The minimum Gasteiger partial charge on any atom is -0.456 e. The average molecular weight is 737 g/mol. The van der Waals surface area contributed by atoms with Crippen molar-refractivity contribution in [3.8, 4) is 33.4 Å². The number of benzene rings is 11.